The van der Waals surface area contributed by atoms with Crippen molar-refractivity contribution in [1.82, 2.24) is 0 Å². The van der Waals surface area contributed by atoms with Gasteiger partial charge in [-0.05, 0) is 38.5 Å². The molecule has 0 heterocycles. The normalized spacial score (nSPS) is 35.0. The van der Waals surface area contributed by atoms with Crippen LogP contribution >= 0.6 is 0 Å². The molecule has 0 spiro atoms. The number of hydrogen-bond acceptors (Lipinski definition) is 2. The van der Waals surface area contributed by atoms with Crippen molar-refractivity contribution in [2.75, 3.05) is 0 Å². The molecule has 2 saturated carbocycles. The molecule has 20 heavy (non-hydrogen) atoms. The second-order valence-corrected chi connectivity index (χ2v) is 6.47. The van der Waals surface area contributed by atoms with Gasteiger partial charge in [0.15, 0.2) is 0 Å². The van der Waals surface area contributed by atoms with Gasteiger partial charge in [-0.3, -0.25) is 0 Å². The largest absolute Gasteiger partial charge is 0.391 e. The number of aliphatic hydroxyl groups is 1. The van der Waals surface area contributed by atoms with E-state index >= 15 is 0 Å². The number of nitriles is 1. The van der Waals surface area contributed by atoms with E-state index in [1.165, 1.54) is 0 Å². The molecule has 2 nitrogen and oxygen atoms in total. The van der Waals surface area contributed by atoms with Crippen molar-refractivity contribution in [3.8, 4) is 6.07 Å². The predicted octanol–water partition coefficient (Wildman–Crippen LogP) is 4.33. The summed E-state index contributed by atoms with van der Waals surface area (Å²) in [7, 11) is 0. The summed E-state index contributed by atoms with van der Waals surface area (Å²) < 4.78 is 38.9. The lowest BCUT2D eigenvalue weighted by Gasteiger charge is -2.47. The summed E-state index contributed by atoms with van der Waals surface area (Å²) in [5.41, 5.74) is -2.45. The minimum atomic E-state index is -4.27. The number of hydrogen-bond donors (Lipinski definition) is 1. The predicted molar refractivity (Wildman–Crippen MR) is 68.7 cm³/mol. The molecular formula is C15H22F3NO. The van der Waals surface area contributed by atoms with Crippen LogP contribution in [0.5, 0.6) is 0 Å². The van der Waals surface area contributed by atoms with E-state index < -0.39 is 23.1 Å². The van der Waals surface area contributed by atoms with Gasteiger partial charge in [0, 0.05) is 0 Å². The van der Waals surface area contributed by atoms with E-state index in [1.54, 1.807) is 0 Å². The third-order valence-electron chi connectivity index (χ3n) is 5.25. The van der Waals surface area contributed by atoms with Crippen LogP contribution in [-0.4, -0.2) is 16.9 Å². The van der Waals surface area contributed by atoms with Gasteiger partial charge in [-0.15, -0.1) is 0 Å². The second kappa shape index (κ2) is 5.55. The summed E-state index contributed by atoms with van der Waals surface area (Å²) in [6.07, 6.45) is 0.906. The van der Waals surface area contributed by atoms with Gasteiger partial charge in [0.05, 0.1) is 23.0 Å². The summed E-state index contributed by atoms with van der Waals surface area (Å²) >= 11 is 0. The lowest BCUT2D eigenvalue weighted by atomic mass is 9.60. The van der Waals surface area contributed by atoms with Crippen molar-refractivity contribution < 1.29 is 18.3 Å². The van der Waals surface area contributed by atoms with Crippen LogP contribution in [0.4, 0.5) is 13.2 Å². The molecule has 2 unspecified atom stereocenters. The zero-order valence-electron chi connectivity index (χ0n) is 11.7. The first-order valence-electron chi connectivity index (χ1n) is 7.53. The zero-order chi connectivity index (χ0) is 14.9. The molecule has 2 fully saturated rings. The van der Waals surface area contributed by atoms with E-state index in [0.717, 1.165) is 25.7 Å². The Kier molecular flexibility index (Phi) is 4.34. The van der Waals surface area contributed by atoms with Crippen LogP contribution in [0.3, 0.4) is 0 Å². The quantitative estimate of drug-likeness (QED) is 0.730. The average molecular weight is 289 g/mol. The Hall–Kier alpha value is -0.760. The molecule has 2 aliphatic carbocycles. The summed E-state index contributed by atoms with van der Waals surface area (Å²) in [6, 6.07) is 2.22. The Bertz CT molecular complexity index is 380. The Morgan fingerprint density at radius 1 is 1.00 bits per heavy atom. The number of nitrogens with zero attached hydrogens (tertiary/aromatic N) is 1. The lowest BCUT2D eigenvalue weighted by Crippen LogP contribution is -2.52. The molecule has 1 N–H and O–H groups in total. The highest BCUT2D eigenvalue weighted by atomic mass is 19.4. The maximum absolute atomic E-state index is 13.0. The molecule has 0 aromatic carbocycles. The maximum atomic E-state index is 13.0. The molecule has 0 aromatic heterocycles. The van der Waals surface area contributed by atoms with Gasteiger partial charge in [0.25, 0.3) is 0 Å². The fourth-order valence-electron chi connectivity index (χ4n) is 3.98. The fourth-order valence-corrected chi connectivity index (χ4v) is 3.98. The summed E-state index contributed by atoms with van der Waals surface area (Å²) in [5.74, 6) is -1.46. The van der Waals surface area contributed by atoms with Gasteiger partial charge >= 0.3 is 6.18 Å². The zero-order valence-corrected chi connectivity index (χ0v) is 11.7. The van der Waals surface area contributed by atoms with Crippen LogP contribution in [0.1, 0.15) is 64.2 Å². The average Bonchev–Trinajstić information content (AvgIpc) is 2.64. The van der Waals surface area contributed by atoms with E-state index in [1.807, 2.05) is 0 Å². The van der Waals surface area contributed by atoms with Gasteiger partial charge in [-0.2, -0.15) is 18.4 Å². The second-order valence-electron chi connectivity index (χ2n) is 6.47. The first-order chi connectivity index (χ1) is 9.33. The Morgan fingerprint density at radius 2 is 1.60 bits per heavy atom. The Morgan fingerprint density at radius 3 is 2.10 bits per heavy atom. The SMILES string of the molecule is N#CC1(C2(O)CCCC(C(F)(F)F)C2)CCCCCC1. The molecule has 114 valence electrons. The molecule has 0 saturated heterocycles. The van der Waals surface area contributed by atoms with Gasteiger partial charge < -0.3 is 5.11 Å². The minimum Gasteiger partial charge on any atom is -0.388 e. The highest BCUT2D eigenvalue weighted by Gasteiger charge is 2.56. The van der Waals surface area contributed by atoms with Crippen LogP contribution in [0, 0.1) is 22.7 Å². The van der Waals surface area contributed by atoms with Gasteiger partial charge in [-0.25, -0.2) is 0 Å². The third-order valence-corrected chi connectivity index (χ3v) is 5.25. The molecule has 5 heteroatoms. The highest BCUT2D eigenvalue weighted by Crippen LogP contribution is 2.53. The van der Waals surface area contributed by atoms with Crippen molar-refractivity contribution in [2.45, 2.75) is 76.0 Å². The Labute approximate surface area is 118 Å². The molecule has 2 atom stereocenters. The molecule has 2 rings (SSSR count). The molecule has 0 radical (unpaired) electrons. The monoisotopic (exact) mass is 289 g/mol. The van der Waals surface area contributed by atoms with Crippen molar-refractivity contribution >= 4 is 0 Å². The summed E-state index contributed by atoms with van der Waals surface area (Å²) in [4.78, 5) is 0. The molecular weight excluding hydrogens is 267 g/mol. The Balaban J connectivity index is 2.25. The van der Waals surface area contributed by atoms with Crippen LogP contribution < -0.4 is 0 Å². The smallest absolute Gasteiger partial charge is 0.388 e. The van der Waals surface area contributed by atoms with Crippen LogP contribution in [0.2, 0.25) is 0 Å². The summed E-state index contributed by atoms with van der Waals surface area (Å²) in [6.45, 7) is 0. The van der Waals surface area contributed by atoms with E-state index in [-0.39, 0.29) is 12.8 Å². The maximum Gasteiger partial charge on any atom is 0.391 e. The van der Waals surface area contributed by atoms with Crippen LogP contribution in [0.25, 0.3) is 0 Å². The molecule has 0 aliphatic heterocycles. The molecule has 0 bridgehead atoms. The molecule has 0 aromatic rings. The minimum absolute atomic E-state index is 0.0767. The highest BCUT2D eigenvalue weighted by molar-refractivity contribution is 5.13. The molecule has 0 amide bonds. The van der Waals surface area contributed by atoms with Crippen LogP contribution in [-0.2, 0) is 0 Å². The number of rotatable bonds is 1. The van der Waals surface area contributed by atoms with Crippen molar-refractivity contribution in [2.24, 2.45) is 11.3 Å². The van der Waals surface area contributed by atoms with E-state index in [0.29, 0.717) is 25.7 Å². The standard InChI is InChI=1S/C15H22F3NO/c16-15(17,18)12-6-5-9-14(20,10-12)13(11-19)7-3-1-2-4-8-13/h12,20H,1-10H2. The molecule has 2 aliphatic rings. The first-order valence-corrected chi connectivity index (χ1v) is 7.53. The number of alkyl halides is 3. The third kappa shape index (κ3) is 2.81. The van der Waals surface area contributed by atoms with Gasteiger partial charge in [-0.1, -0.05) is 25.7 Å². The van der Waals surface area contributed by atoms with E-state index in [9.17, 15) is 23.5 Å². The summed E-state index contributed by atoms with van der Waals surface area (Å²) in [5, 5.41) is 20.5. The van der Waals surface area contributed by atoms with Gasteiger partial charge in [0.1, 0.15) is 0 Å². The van der Waals surface area contributed by atoms with E-state index in [4.69, 9.17) is 0 Å². The van der Waals surface area contributed by atoms with Gasteiger partial charge in [0.2, 0.25) is 0 Å². The lowest BCUT2D eigenvalue weighted by molar-refractivity contribution is -0.213. The van der Waals surface area contributed by atoms with Crippen molar-refractivity contribution in [3.63, 3.8) is 0 Å². The van der Waals surface area contributed by atoms with Crippen molar-refractivity contribution in [3.05, 3.63) is 0 Å². The topological polar surface area (TPSA) is 44.0 Å². The van der Waals surface area contributed by atoms with E-state index in [2.05, 4.69) is 6.07 Å². The first kappa shape index (κ1) is 15.6. The number of halogens is 3. The van der Waals surface area contributed by atoms with Crippen molar-refractivity contribution in [1.29, 1.82) is 5.26 Å². The fraction of sp³-hybridized carbons (Fsp3) is 0.933. The van der Waals surface area contributed by atoms with Crippen LogP contribution in [0.15, 0.2) is 0 Å².